The number of aromatic nitrogens is 3. The van der Waals surface area contributed by atoms with Crippen LogP contribution in [0, 0.1) is 5.41 Å². The number of nitrogens with one attached hydrogen (secondary N) is 2. The molecule has 5 heteroatoms. The van der Waals surface area contributed by atoms with Crippen molar-refractivity contribution in [1.29, 1.82) is 0 Å². The molecule has 0 aliphatic rings. The van der Waals surface area contributed by atoms with E-state index >= 15 is 0 Å². The van der Waals surface area contributed by atoms with Crippen LogP contribution in [0.5, 0.6) is 0 Å². The maximum absolute atomic E-state index is 6.17. The molecule has 17 heavy (non-hydrogen) atoms. The molecule has 0 aliphatic heterocycles. The van der Waals surface area contributed by atoms with E-state index in [4.69, 9.17) is 5.73 Å². The smallest absolute Gasteiger partial charge is 0.179 e. The SMILES string of the molecule is CNc1ccc2[nH]c(C(N)C(C)(C)C)nc2n1. The second-order valence-electron chi connectivity index (χ2n) is 5.28. The number of hydrogen-bond donors (Lipinski definition) is 3. The quantitative estimate of drug-likeness (QED) is 0.741. The molecule has 2 heterocycles. The molecular formula is C12H19N5. The number of aromatic amines is 1. The van der Waals surface area contributed by atoms with Crippen molar-refractivity contribution >= 4 is 17.0 Å². The van der Waals surface area contributed by atoms with Crippen LogP contribution in [0.3, 0.4) is 0 Å². The summed E-state index contributed by atoms with van der Waals surface area (Å²) >= 11 is 0. The van der Waals surface area contributed by atoms with Crippen LogP contribution in [0.25, 0.3) is 11.2 Å². The van der Waals surface area contributed by atoms with Crippen molar-refractivity contribution in [1.82, 2.24) is 15.0 Å². The molecule has 0 saturated heterocycles. The van der Waals surface area contributed by atoms with Crippen molar-refractivity contribution in [2.75, 3.05) is 12.4 Å². The third-order valence-corrected chi connectivity index (χ3v) is 2.85. The van der Waals surface area contributed by atoms with Gasteiger partial charge in [-0.2, -0.15) is 0 Å². The van der Waals surface area contributed by atoms with Gasteiger partial charge in [-0.1, -0.05) is 20.8 Å². The van der Waals surface area contributed by atoms with Gasteiger partial charge in [-0.25, -0.2) is 9.97 Å². The van der Waals surface area contributed by atoms with E-state index in [2.05, 4.69) is 41.0 Å². The Morgan fingerprint density at radius 2 is 2.00 bits per heavy atom. The largest absolute Gasteiger partial charge is 0.373 e. The van der Waals surface area contributed by atoms with E-state index < -0.39 is 0 Å². The van der Waals surface area contributed by atoms with E-state index in [0.29, 0.717) is 5.65 Å². The lowest BCUT2D eigenvalue weighted by Crippen LogP contribution is -2.27. The number of anilines is 1. The van der Waals surface area contributed by atoms with E-state index in [9.17, 15) is 0 Å². The fourth-order valence-electron chi connectivity index (χ4n) is 1.61. The lowest BCUT2D eigenvalue weighted by Gasteiger charge is -2.24. The molecular weight excluding hydrogens is 214 g/mol. The molecule has 2 aromatic heterocycles. The minimum atomic E-state index is -0.130. The molecule has 0 aromatic carbocycles. The van der Waals surface area contributed by atoms with Crippen LogP contribution >= 0.6 is 0 Å². The van der Waals surface area contributed by atoms with Gasteiger partial charge in [0.15, 0.2) is 5.65 Å². The first-order valence-corrected chi connectivity index (χ1v) is 5.72. The first-order chi connectivity index (χ1) is 7.91. The topological polar surface area (TPSA) is 79.6 Å². The summed E-state index contributed by atoms with van der Waals surface area (Å²) in [6.45, 7) is 6.28. The number of nitrogens with two attached hydrogens (primary N) is 1. The van der Waals surface area contributed by atoms with Gasteiger partial charge in [0, 0.05) is 7.05 Å². The first-order valence-electron chi connectivity index (χ1n) is 5.72. The highest BCUT2D eigenvalue weighted by atomic mass is 15.1. The predicted octanol–water partition coefficient (Wildman–Crippen LogP) is 2.05. The van der Waals surface area contributed by atoms with Gasteiger partial charge in [0.1, 0.15) is 11.6 Å². The number of pyridine rings is 1. The molecule has 0 amide bonds. The molecule has 4 N–H and O–H groups in total. The maximum Gasteiger partial charge on any atom is 0.179 e. The zero-order valence-electron chi connectivity index (χ0n) is 10.7. The molecule has 1 unspecified atom stereocenters. The molecule has 0 spiro atoms. The van der Waals surface area contributed by atoms with Crippen LogP contribution in [0.1, 0.15) is 32.6 Å². The number of H-pyrrole nitrogens is 1. The van der Waals surface area contributed by atoms with Gasteiger partial charge in [0.25, 0.3) is 0 Å². The average molecular weight is 233 g/mol. The zero-order chi connectivity index (χ0) is 12.6. The number of hydrogen-bond acceptors (Lipinski definition) is 4. The van der Waals surface area contributed by atoms with Gasteiger partial charge >= 0.3 is 0 Å². The van der Waals surface area contributed by atoms with E-state index in [1.807, 2.05) is 19.2 Å². The van der Waals surface area contributed by atoms with Crippen molar-refractivity contribution in [3.8, 4) is 0 Å². The number of rotatable bonds is 2. The summed E-state index contributed by atoms with van der Waals surface area (Å²) < 4.78 is 0. The Balaban J connectivity index is 2.44. The molecule has 0 radical (unpaired) electrons. The maximum atomic E-state index is 6.17. The van der Waals surface area contributed by atoms with E-state index in [1.165, 1.54) is 0 Å². The molecule has 0 bridgehead atoms. The Bertz CT molecular complexity index is 523. The Morgan fingerprint density at radius 3 is 2.59 bits per heavy atom. The molecule has 0 fully saturated rings. The van der Waals surface area contributed by atoms with E-state index in [1.54, 1.807) is 0 Å². The summed E-state index contributed by atoms with van der Waals surface area (Å²) in [4.78, 5) is 12.1. The predicted molar refractivity (Wildman–Crippen MR) is 69.8 cm³/mol. The monoisotopic (exact) mass is 233 g/mol. The van der Waals surface area contributed by atoms with Crippen molar-refractivity contribution in [3.05, 3.63) is 18.0 Å². The third-order valence-electron chi connectivity index (χ3n) is 2.85. The Morgan fingerprint density at radius 1 is 1.29 bits per heavy atom. The number of nitrogens with zero attached hydrogens (tertiary/aromatic N) is 2. The van der Waals surface area contributed by atoms with Crippen LogP contribution in [0.2, 0.25) is 0 Å². The summed E-state index contributed by atoms with van der Waals surface area (Å²) in [5.41, 5.74) is 7.76. The molecule has 0 aliphatic carbocycles. The summed E-state index contributed by atoms with van der Waals surface area (Å²) in [5.74, 6) is 1.59. The van der Waals surface area contributed by atoms with Gasteiger partial charge in [-0.3, -0.25) is 0 Å². The third kappa shape index (κ3) is 2.24. The average Bonchev–Trinajstić information content (AvgIpc) is 2.68. The molecule has 0 saturated carbocycles. The van der Waals surface area contributed by atoms with Crippen molar-refractivity contribution < 1.29 is 0 Å². The second-order valence-corrected chi connectivity index (χ2v) is 5.28. The lowest BCUT2D eigenvalue weighted by molar-refractivity contribution is 0.317. The second kappa shape index (κ2) is 4.00. The number of fused-ring (bicyclic) bond motifs is 1. The van der Waals surface area contributed by atoms with Gasteiger partial charge in [0.05, 0.1) is 11.6 Å². The van der Waals surface area contributed by atoms with Crippen LogP contribution in [-0.4, -0.2) is 22.0 Å². The highest BCUT2D eigenvalue weighted by Crippen LogP contribution is 2.29. The van der Waals surface area contributed by atoms with Crippen molar-refractivity contribution in [3.63, 3.8) is 0 Å². The molecule has 2 rings (SSSR count). The van der Waals surface area contributed by atoms with E-state index in [-0.39, 0.29) is 11.5 Å². The van der Waals surface area contributed by atoms with Gasteiger partial charge < -0.3 is 16.0 Å². The molecule has 1 atom stereocenters. The Kier molecular flexibility index (Phi) is 2.79. The standard InChI is InChI=1S/C12H19N5/c1-12(2,3)9(13)11-15-7-5-6-8(14-4)16-10(7)17-11/h5-6,9H,13H2,1-4H3,(H2,14,15,16,17). The summed E-state index contributed by atoms with van der Waals surface area (Å²) in [5, 5.41) is 2.99. The van der Waals surface area contributed by atoms with Gasteiger partial charge in [0.2, 0.25) is 0 Å². The fourth-order valence-corrected chi connectivity index (χ4v) is 1.61. The minimum absolute atomic E-state index is 0.0281. The van der Waals surface area contributed by atoms with Crippen LogP contribution < -0.4 is 11.1 Å². The molecule has 92 valence electrons. The lowest BCUT2D eigenvalue weighted by atomic mass is 9.87. The normalized spacial score (nSPS) is 13.9. The van der Waals surface area contributed by atoms with Crippen LogP contribution in [0.15, 0.2) is 12.1 Å². The minimum Gasteiger partial charge on any atom is -0.373 e. The summed E-state index contributed by atoms with van der Waals surface area (Å²) in [6.07, 6.45) is 0. The highest BCUT2D eigenvalue weighted by Gasteiger charge is 2.25. The fraction of sp³-hybridized carbons (Fsp3) is 0.500. The van der Waals surface area contributed by atoms with Crippen molar-refractivity contribution in [2.45, 2.75) is 26.8 Å². The molecule has 2 aromatic rings. The first kappa shape index (κ1) is 11.9. The summed E-state index contributed by atoms with van der Waals surface area (Å²) in [7, 11) is 1.84. The Labute approximate surface area is 101 Å². The highest BCUT2D eigenvalue weighted by molar-refractivity contribution is 5.73. The number of imidazole rings is 1. The zero-order valence-corrected chi connectivity index (χ0v) is 10.7. The Hall–Kier alpha value is -1.62. The molecule has 5 nitrogen and oxygen atoms in total. The van der Waals surface area contributed by atoms with Gasteiger partial charge in [-0.05, 0) is 17.5 Å². The van der Waals surface area contributed by atoms with Gasteiger partial charge in [-0.15, -0.1) is 0 Å². The van der Waals surface area contributed by atoms with Crippen LogP contribution in [0.4, 0.5) is 5.82 Å². The summed E-state index contributed by atoms with van der Waals surface area (Å²) in [6, 6.07) is 3.74. The van der Waals surface area contributed by atoms with E-state index in [0.717, 1.165) is 17.2 Å². The van der Waals surface area contributed by atoms with Crippen LogP contribution in [-0.2, 0) is 0 Å². The van der Waals surface area contributed by atoms with Crippen molar-refractivity contribution in [2.24, 2.45) is 11.1 Å².